The molecule has 0 aromatic rings. The maximum absolute atomic E-state index is 8.69. The van der Waals surface area contributed by atoms with Gasteiger partial charge in [0, 0.05) is 0 Å². The molecule has 0 rings (SSSR count). The summed E-state index contributed by atoms with van der Waals surface area (Å²) in [4.78, 5) is 0. The Kier molecular flexibility index (Phi) is 4.92. The molecule has 0 heterocycles. The van der Waals surface area contributed by atoms with E-state index < -0.39 is 13.0 Å². The van der Waals surface area contributed by atoms with Gasteiger partial charge in [-0.15, -0.1) is 0 Å². The van der Waals surface area contributed by atoms with Gasteiger partial charge in [0.1, 0.15) is 0 Å². The molecule has 0 atom stereocenters. The van der Waals surface area contributed by atoms with Crippen molar-refractivity contribution in [2.75, 3.05) is 0 Å². The van der Waals surface area contributed by atoms with Crippen molar-refractivity contribution in [3.8, 4) is 0 Å². The normalized spacial score (nSPS) is 9.50. The molecule has 0 amide bonds. The Bertz CT molecular complexity index is 129. The second-order valence-electron chi connectivity index (χ2n) is 0.396. The second-order valence-corrected chi connectivity index (χ2v) is 1.63. The van der Waals surface area contributed by atoms with E-state index in [0.717, 1.165) is 0 Å². The van der Waals surface area contributed by atoms with E-state index in [2.05, 4.69) is 0 Å². The fourth-order valence-electron chi connectivity index (χ4n) is 0. The number of hydrogen-bond acceptors (Lipinski definition) is 3. The second kappa shape index (κ2) is 2.96. The van der Waals surface area contributed by atoms with Crippen LogP contribution in [-0.4, -0.2) is 33.7 Å². The SMILES string of the molecule is [NaH].[O]=[Mn](=[O])(=[O])[OH]. The van der Waals surface area contributed by atoms with E-state index in [1.54, 1.807) is 0 Å². The van der Waals surface area contributed by atoms with Crippen LogP contribution in [0.4, 0.5) is 0 Å². The summed E-state index contributed by atoms with van der Waals surface area (Å²) in [5.41, 5.74) is 0. The molecule has 0 aliphatic heterocycles. The third-order valence-corrected chi connectivity index (χ3v) is 0. The Morgan fingerprint density at radius 1 is 1.17 bits per heavy atom. The minimum absolute atomic E-state index is 0. The first kappa shape index (κ1) is 9.99. The quantitative estimate of drug-likeness (QED) is 0.417. The van der Waals surface area contributed by atoms with Gasteiger partial charge in [-0.05, 0) is 0 Å². The molecule has 0 aliphatic carbocycles. The molecule has 4 nitrogen and oxygen atoms in total. The summed E-state index contributed by atoms with van der Waals surface area (Å²) < 4.78 is 33.1. The van der Waals surface area contributed by atoms with E-state index in [-0.39, 0.29) is 29.6 Å². The minimum atomic E-state index is -5.38. The molecule has 0 unspecified atom stereocenters. The molecular weight excluding hydrogens is 142 g/mol. The van der Waals surface area contributed by atoms with Crippen molar-refractivity contribution in [2.24, 2.45) is 0 Å². The van der Waals surface area contributed by atoms with Gasteiger partial charge in [0.05, 0.1) is 0 Å². The van der Waals surface area contributed by atoms with Gasteiger partial charge >= 0.3 is 58.2 Å². The van der Waals surface area contributed by atoms with Crippen LogP contribution < -0.4 is 0 Å². The van der Waals surface area contributed by atoms with Crippen molar-refractivity contribution >= 4 is 29.6 Å². The molecule has 0 aromatic heterocycles. The first-order valence-corrected chi connectivity index (χ1v) is 2.61. The van der Waals surface area contributed by atoms with Crippen molar-refractivity contribution in [1.29, 1.82) is 0 Å². The van der Waals surface area contributed by atoms with Crippen LogP contribution >= 0.6 is 0 Å². The van der Waals surface area contributed by atoms with Gasteiger partial charge < -0.3 is 0 Å². The average Bonchev–Trinajstić information content (AvgIpc) is 0.722. The summed E-state index contributed by atoms with van der Waals surface area (Å²) in [7, 11) is 0. The maximum atomic E-state index is 8.69. The molecule has 0 saturated carbocycles. The van der Waals surface area contributed by atoms with Crippen molar-refractivity contribution in [3.05, 3.63) is 0 Å². The Hall–Kier alpha value is 0.879. The van der Waals surface area contributed by atoms with Crippen LogP contribution in [0.25, 0.3) is 0 Å². The van der Waals surface area contributed by atoms with Crippen LogP contribution in [-0.2, 0) is 24.5 Å². The predicted molar refractivity (Wildman–Crippen MR) is 11.4 cm³/mol. The molecule has 34 valence electrons. The fourth-order valence-corrected chi connectivity index (χ4v) is 0. The zero-order valence-electron chi connectivity index (χ0n) is 2.05. The van der Waals surface area contributed by atoms with Crippen LogP contribution in [0, 0.1) is 0 Å². The summed E-state index contributed by atoms with van der Waals surface area (Å²) >= 11 is -5.38. The first-order valence-electron chi connectivity index (χ1n) is 0.632. The van der Waals surface area contributed by atoms with E-state index in [1.165, 1.54) is 0 Å². The third-order valence-electron chi connectivity index (χ3n) is 0. The summed E-state index contributed by atoms with van der Waals surface area (Å²) in [5, 5.41) is 0. The summed E-state index contributed by atoms with van der Waals surface area (Å²) in [6.07, 6.45) is 0. The number of rotatable bonds is 0. The van der Waals surface area contributed by atoms with Crippen molar-refractivity contribution < 1.29 is 28.7 Å². The van der Waals surface area contributed by atoms with Gasteiger partial charge in [-0.3, -0.25) is 0 Å². The van der Waals surface area contributed by atoms with Gasteiger partial charge in [-0.1, -0.05) is 0 Å². The van der Waals surface area contributed by atoms with Crippen LogP contribution in [0.5, 0.6) is 0 Å². The molecule has 1 N–H and O–H groups in total. The molecule has 6 heteroatoms. The summed E-state index contributed by atoms with van der Waals surface area (Å²) in [6, 6.07) is 0. The van der Waals surface area contributed by atoms with Crippen molar-refractivity contribution in [3.63, 3.8) is 0 Å². The molecule has 6 heavy (non-hydrogen) atoms. The van der Waals surface area contributed by atoms with E-state index in [0.29, 0.717) is 0 Å². The molecule has 0 spiro atoms. The zero-order chi connectivity index (χ0) is 4.50. The van der Waals surface area contributed by atoms with Crippen LogP contribution in [0.15, 0.2) is 0 Å². The fraction of sp³-hybridized carbons (Fsp3) is 0. The first-order chi connectivity index (χ1) is 2.00. The molecule has 0 aliphatic rings. The van der Waals surface area contributed by atoms with Gasteiger partial charge in [0.15, 0.2) is 0 Å². The molecule has 0 saturated heterocycles. The third kappa shape index (κ3) is 94.9. The molecule has 0 aromatic carbocycles. The standard InChI is InChI=1S/Mn.Na.H2O.3O.H/h;;1H2;;;;/q+1;;;;;;/p-1. The van der Waals surface area contributed by atoms with Gasteiger partial charge in [0.2, 0.25) is 0 Å². The van der Waals surface area contributed by atoms with E-state index >= 15 is 0 Å². The van der Waals surface area contributed by atoms with Crippen molar-refractivity contribution in [1.82, 2.24) is 0 Å². The molecular formula is H2MnNaO4. The monoisotopic (exact) mass is 144 g/mol. The van der Waals surface area contributed by atoms with Gasteiger partial charge in [-0.25, -0.2) is 0 Å². The summed E-state index contributed by atoms with van der Waals surface area (Å²) in [6.45, 7) is 0. The van der Waals surface area contributed by atoms with Crippen LogP contribution in [0.1, 0.15) is 0 Å². The Morgan fingerprint density at radius 2 is 1.17 bits per heavy atom. The molecule has 0 radical (unpaired) electrons. The van der Waals surface area contributed by atoms with E-state index in [1.807, 2.05) is 0 Å². The van der Waals surface area contributed by atoms with E-state index in [4.69, 9.17) is 15.7 Å². The predicted octanol–water partition coefficient (Wildman–Crippen LogP) is -1.56. The topological polar surface area (TPSA) is 71.4 Å². The van der Waals surface area contributed by atoms with Crippen LogP contribution in [0.2, 0.25) is 0 Å². The molecule has 0 bridgehead atoms. The number of hydrogen-bond donors (Lipinski definition) is 1. The van der Waals surface area contributed by atoms with Crippen molar-refractivity contribution in [2.45, 2.75) is 0 Å². The Labute approximate surface area is 58.0 Å². The summed E-state index contributed by atoms with van der Waals surface area (Å²) in [5.74, 6) is 0. The Balaban J connectivity index is 0. The molecule has 0 fully saturated rings. The van der Waals surface area contributed by atoms with Gasteiger partial charge in [0.25, 0.3) is 0 Å². The average molecular weight is 144 g/mol. The van der Waals surface area contributed by atoms with Gasteiger partial charge in [-0.2, -0.15) is 0 Å². The Morgan fingerprint density at radius 3 is 1.17 bits per heavy atom. The zero-order valence-corrected chi connectivity index (χ0v) is 3.23. The van der Waals surface area contributed by atoms with E-state index in [9.17, 15) is 0 Å². The van der Waals surface area contributed by atoms with Crippen LogP contribution in [0.3, 0.4) is 0 Å².